The number of fused-ring (bicyclic) bond motifs is 2. The molecule has 0 N–H and O–H groups in total. The van der Waals surface area contributed by atoms with Gasteiger partial charge in [0, 0.05) is 5.69 Å². The first kappa shape index (κ1) is 35.8. The van der Waals surface area contributed by atoms with Crippen LogP contribution in [0.5, 0.6) is 11.6 Å². The van der Waals surface area contributed by atoms with E-state index in [-0.39, 0.29) is 30.0 Å². The van der Waals surface area contributed by atoms with Crippen LogP contribution in [0.2, 0.25) is 0 Å². The summed E-state index contributed by atoms with van der Waals surface area (Å²) in [6.07, 6.45) is 0. The van der Waals surface area contributed by atoms with Gasteiger partial charge in [-0.3, -0.25) is 0 Å². The fraction of sp³-hybridized carbons (Fsp3) is 0.0690. The van der Waals surface area contributed by atoms with E-state index in [1.54, 1.807) is 0 Å². The van der Waals surface area contributed by atoms with Gasteiger partial charge in [0.05, 0.1) is 0 Å². The molecule has 3 heterocycles. The van der Waals surface area contributed by atoms with E-state index in [0.29, 0.717) is 34.4 Å². The third-order valence-corrected chi connectivity index (χ3v) is 12.9. The van der Waals surface area contributed by atoms with Gasteiger partial charge in [0.15, 0.2) is 0 Å². The number of nitrogens with zero attached hydrogens (tertiary/aromatic N) is 5. The average Bonchev–Trinajstić information content (AvgIpc) is 3.89. The first-order valence-electron chi connectivity index (χ1n) is 24.3. The van der Waals surface area contributed by atoms with Crippen molar-refractivity contribution in [1.82, 2.24) is 14.1 Å². The normalized spacial score (nSPS) is 13.5. The van der Waals surface area contributed by atoms with Crippen LogP contribution in [0.25, 0.3) is 44.7 Å². The zero-order chi connectivity index (χ0) is 49.1. The number of benzene rings is 8. The van der Waals surface area contributed by atoms with Crippen LogP contribution in [0.15, 0.2) is 212 Å². The van der Waals surface area contributed by atoms with Crippen molar-refractivity contribution in [2.24, 2.45) is 0 Å². The van der Waals surface area contributed by atoms with Gasteiger partial charge in [-0.15, -0.1) is 6.07 Å². The minimum absolute atomic E-state index is 0.120. The summed E-state index contributed by atoms with van der Waals surface area (Å²) in [5.41, 5.74) is 10.5. The van der Waals surface area contributed by atoms with Crippen molar-refractivity contribution < 1.29 is 30.9 Å². The summed E-state index contributed by atoms with van der Waals surface area (Å²) in [6.45, 7) is 6.26. The number of hydrogen-bond donors (Lipinski definition) is 0. The molecule has 0 bridgehead atoms. The molecule has 0 aliphatic carbocycles. The SMILES string of the molecule is [2H]c1c([2H])c([2H])c(-c2cccc(-c3cccc(C(C)(C)C)c3)c2-n2[c](=[Pt])n(-c3[c-]c(Oc4cccc(N5B(c6ccccc6)N(c6ccccc6)c6ccc[c-]c65)n4)ccc3)c3ccccc32)c([2H])c1[2H]. The Morgan fingerprint density at radius 2 is 1.32 bits per heavy atom. The quantitative estimate of drug-likeness (QED) is 0.107. The molecule has 0 unspecified atom stereocenters. The van der Waals surface area contributed by atoms with Crippen molar-refractivity contribution in [3.8, 4) is 45.3 Å². The van der Waals surface area contributed by atoms with Gasteiger partial charge in [-0.1, -0.05) is 48.5 Å². The second-order valence-electron chi connectivity index (χ2n) is 17.0. The molecule has 0 fully saturated rings. The zero-order valence-electron chi connectivity index (χ0n) is 41.4. The average molecular weight is 1040 g/mol. The molecule has 8 aromatic carbocycles. The van der Waals surface area contributed by atoms with Gasteiger partial charge in [0.1, 0.15) is 0 Å². The Kier molecular flexibility index (Phi) is 9.31. The molecule has 0 radical (unpaired) electrons. The molecule has 0 atom stereocenters. The van der Waals surface area contributed by atoms with Gasteiger partial charge in [0.2, 0.25) is 0 Å². The van der Waals surface area contributed by atoms with E-state index in [1.807, 2.05) is 109 Å². The molecule has 8 heteroatoms. The Hall–Kier alpha value is -7.47. The minimum atomic E-state index is -0.441. The molecular weight excluding hydrogens is 989 g/mol. The van der Waals surface area contributed by atoms with E-state index >= 15 is 0 Å². The Bertz CT molecular complexity index is 3720. The topological polar surface area (TPSA) is 38.5 Å². The van der Waals surface area contributed by atoms with Crippen molar-refractivity contribution in [2.75, 3.05) is 9.62 Å². The monoisotopic (exact) mass is 1040 g/mol. The van der Waals surface area contributed by atoms with Crippen LogP contribution in [0.1, 0.15) is 33.2 Å². The van der Waals surface area contributed by atoms with Crippen LogP contribution >= 0.6 is 0 Å². The Labute approximate surface area is 404 Å². The predicted molar refractivity (Wildman–Crippen MR) is 266 cm³/mol. The fourth-order valence-corrected chi connectivity index (χ4v) is 9.93. The summed E-state index contributed by atoms with van der Waals surface area (Å²) < 4.78 is 55.7. The van der Waals surface area contributed by atoms with E-state index in [4.69, 9.17) is 16.6 Å². The number of ether oxygens (including phenoxy) is 1. The molecule has 0 spiro atoms. The standard InChI is InChI=1S/C58H44BN5O.Pt/c1-58(2,3)44-24-17-23-43(39-44)50-32-19-31-49(42-21-7-4-8-22-42)57(50)62-41-61(51-33-13-14-34-52(51)62)47-29-18-30-48(40-47)65-56-38-20-37-55(60-56)64-54-36-16-15-35-53(54)63(46-27-11-6-12-28-46)59(64)45-25-9-5-10-26-45;/h4-35,37-39H,1-3H3;/q-2;/i4D,7D,8D,21D,22D;. The van der Waals surface area contributed by atoms with Crippen LogP contribution < -0.4 is 19.8 Å². The van der Waals surface area contributed by atoms with Gasteiger partial charge in [-0.25, -0.2) is 0 Å². The van der Waals surface area contributed by atoms with Crippen molar-refractivity contribution >= 4 is 46.4 Å². The molecule has 66 heavy (non-hydrogen) atoms. The van der Waals surface area contributed by atoms with Gasteiger partial charge >= 0.3 is 322 Å². The Morgan fingerprint density at radius 1 is 0.636 bits per heavy atom. The second kappa shape index (κ2) is 17.2. The van der Waals surface area contributed by atoms with Gasteiger partial charge in [-0.05, 0) is 12.1 Å². The van der Waals surface area contributed by atoms with E-state index < -0.39 is 18.1 Å². The first-order valence-corrected chi connectivity index (χ1v) is 22.9. The van der Waals surface area contributed by atoms with E-state index in [9.17, 15) is 0 Å². The van der Waals surface area contributed by atoms with Crippen LogP contribution in [-0.4, -0.2) is 21.1 Å². The summed E-state index contributed by atoms with van der Waals surface area (Å²) in [4.78, 5) is 9.67. The summed E-state index contributed by atoms with van der Waals surface area (Å²) in [5, 5.41) is 0. The number of hydrogen-bond acceptors (Lipinski definition) is 4. The molecule has 11 rings (SSSR count). The van der Waals surface area contributed by atoms with Crippen molar-refractivity contribution in [2.45, 2.75) is 26.2 Å². The van der Waals surface area contributed by atoms with Crippen molar-refractivity contribution in [1.29, 1.82) is 0 Å². The molecule has 0 saturated carbocycles. The molecule has 1 aliphatic rings. The van der Waals surface area contributed by atoms with Crippen LogP contribution in [0.3, 0.4) is 0 Å². The molecule has 10 aromatic rings. The number of rotatable bonds is 9. The maximum absolute atomic E-state index is 9.16. The van der Waals surface area contributed by atoms with Gasteiger partial charge < -0.3 is 0 Å². The van der Waals surface area contributed by atoms with E-state index in [0.717, 1.165) is 54.1 Å². The number of aromatic nitrogens is 3. The van der Waals surface area contributed by atoms with E-state index in [2.05, 4.69) is 144 Å². The predicted octanol–water partition coefficient (Wildman–Crippen LogP) is 13.6. The van der Waals surface area contributed by atoms with Crippen LogP contribution in [-0.2, 0) is 24.8 Å². The Morgan fingerprint density at radius 3 is 2.09 bits per heavy atom. The number of anilines is 4. The van der Waals surface area contributed by atoms with E-state index in [1.165, 1.54) is 0 Å². The van der Waals surface area contributed by atoms with Crippen LogP contribution in [0.4, 0.5) is 22.9 Å². The first-order chi connectivity index (χ1) is 34.4. The molecule has 2 aromatic heterocycles. The zero-order valence-corrected chi connectivity index (χ0v) is 38.6. The molecule has 0 saturated heterocycles. The molecular formula is C58H44BN5OPt-2. The Balaban J connectivity index is 1.04. The second-order valence-corrected chi connectivity index (χ2v) is 18.0. The summed E-state index contributed by atoms with van der Waals surface area (Å²) in [5.74, 6) is 1.52. The summed E-state index contributed by atoms with van der Waals surface area (Å²) >= 11 is 2.32. The molecule has 322 valence electrons. The van der Waals surface area contributed by atoms with Crippen LogP contribution in [0, 0.1) is 15.9 Å². The maximum atomic E-state index is 9.16. The summed E-state index contributed by atoms with van der Waals surface area (Å²) in [6, 6.07) is 65.9. The van der Waals surface area contributed by atoms with Gasteiger partial charge in [0.25, 0.3) is 0 Å². The number of para-hydroxylation sites is 5. The third-order valence-electron chi connectivity index (χ3n) is 11.9. The molecule has 6 nitrogen and oxygen atoms in total. The third kappa shape index (κ3) is 7.49. The molecule has 0 amide bonds. The summed E-state index contributed by atoms with van der Waals surface area (Å²) in [7, 11) is 0. The number of pyridine rings is 1. The number of imidazole rings is 1. The fourth-order valence-electron chi connectivity index (χ4n) is 8.85. The van der Waals surface area contributed by atoms with Crippen molar-refractivity contribution in [3.63, 3.8) is 0 Å². The molecule has 1 aliphatic heterocycles. The van der Waals surface area contributed by atoms with Gasteiger partial charge in [-0.2, -0.15) is 12.1 Å². The van der Waals surface area contributed by atoms with Crippen molar-refractivity contribution in [3.05, 3.63) is 234 Å².